The fraction of sp³-hybridized carbons (Fsp3) is 0.560. The van der Waals surface area contributed by atoms with Crippen LogP contribution in [-0.2, 0) is 13.6 Å². The number of likely N-dealkylation sites (tertiary alicyclic amines) is 1. The third-order valence-corrected chi connectivity index (χ3v) is 6.96. The molecule has 5 nitrogen and oxygen atoms in total. The van der Waals surface area contributed by atoms with Gasteiger partial charge in [-0.25, -0.2) is 4.39 Å². The van der Waals surface area contributed by atoms with Crippen LogP contribution in [0.4, 0.5) is 17.6 Å². The van der Waals surface area contributed by atoms with Gasteiger partial charge in [0.1, 0.15) is 17.2 Å². The molecule has 0 unspecified atom stereocenters. The molecule has 2 aromatic rings. The normalized spacial score (nSPS) is 16.7. The number of aryl methyl sites for hydroxylation is 1. The number of alkyl halides is 4. The number of aromatic nitrogens is 1. The molecule has 0 spiro atoms. The third kappa shape index (κ3) is 5.40. The van der Waals surface area contributed by atoms with Crippen LogP contribution in [0.15, 0.2) is 23.1 Å². The maximum absolute atomic E-state index is 15.0. The molecule has 0 saturated carbocycles. The zero-order chi connectivity index (χ0) is 25.4. The fourth-order valence-electron chi connectivity index (χ4n) is 4.48. The topological polar surface area (TPSA) is 43.7 Å². The minimum Gasteiger partial charge on any atom is -0.496 e. The summed E-state index contributed by atoms with van der Waals surface area (Å²) in [6.07, 6.45) is -2.68. The Balaban J connectivity index is 2.05. The molecular weight excluding hydrogens is 452 g/mol. The number of rotatable bonds is 6. The van der Waals surface area contributed by atoms with Crippen LogP contribution in [0.25, 0.3) is 11.1 Å². The standard InChI is InChI=1S/C25H32F4N2O3/c1-15(2)24(26)7-9-31(10-8-24)14-20-21(33-6)11-18(12-22(20)34-25(27,28)29)19-13-30(5)23(32)17(4)16(19)3/h11-13,15H,7-10,14H2,1-6H3. The maximum Gasteiger partial charge on any atom is 0.573 e. The van der Waals surface area contributed by atoms with E-state index in [9.17, 15) is 22.4 Å². The van der Waals surface area contributed by atoms with E-state index in [1.807, 2.05) is 18.7 Å². The number of hydrogen-bond acceptors (Lipinski definition) is 4. The van der Waals surface area contributed by atoms with Gasteiger partial charge in [-0.3, -0.25) is 9.69 Å². The molecule has 1 saturated heterocycles. The van der Waals surface area contributed by atoms with Crippen molar-refractivity contribution >= 4 is 0 Å². The van der Waals surface area contributed by atoms with Gasteiger partial charge >= 0.3 is 6.36 Å². The van der Waals surface area contributed by atoms with Gasteiger partial charge in [0.15, 0.2) is 0 Å². The molecule has 1 aromatic heterocycles. The number of ether oxygens (including phenoxy) is 2. The van der Waals surface area contributed by atoms with Crippen LogP contribution in [0.1, 0.15) is 43.4 Å². The molecule has 1 aliphatic heterocycles. The molecule has 0 aliphatic carbocycles. The average Bonchev–Trinajstić information content (AvgIpc) is 2.76. The Morgan fingerprint density at radius 3 is 2.21 bits per heavy atom. The molecule has 0 bridgehead atoms. The summed E-state index contributed by atoms with van der Waals surface area (Å²) in [5.74, 6) is -0.251. The van der Waals surface area contributed by atoms with Crippen molar-refractivity contribution in [3.05, 3.63) is 45.4 Å². The summed E-state index contributed by atoms with van der Waals surface area (Å²) in [6, 6.07) is 2.98. The smallest absolute Gasteiger partial charge is 0.496 e. The molecule has 1 fully saturated rings. The molecule has 9 heteroatoms. The van der Waals surface area contributed by atoms with Crippen molar-refractivity contribution in [2.45, 2.75) is 59.1 Å². The summed E-state index contributed by atoms with van der Waals surface area (Å²) in [5.41, 5.74) is 1.03. The third-order valence-electron chi connectivity index (χ3n) is 6.96. The van der Waals surface area contributed by atoms with E-state index in [1.54, 1.807) is 33.2 Å². The number of pyridine rings is 1. The van der Waals surface area contributed by atoms with Gasteiger partial charge in [0.25, 0.3) is 5.56 Å². The SMILES string of the molecule is COc1cc(-c2cn(C)c(=O)c(C)c2C)cc(OC(F)(F)F)c1CN1CCC(F)(C(C)C)CC1. The van der Waals surface area contributed by atoms with Crippen LogP contribution >= 0.6 is 0 Å². The second-order valence-electron chi connectivity index (χ2n) is 9.38. The molecule has 2 heterocycles. The second kappa shape index (κ2) is 9.60. The molecule has 1 aliphatic rings. The molecular formula is C25H32F4N2O3. The zero-order valence-electron chi connectivity index (χ0n) is 20.5. The Bertz CT molecular complexity index is 1100. The number of hydrogen-bond donors (Lipinski definition) is 0. The average molecular weight is 485 g/mol. The van der Waals surface area contributed by atoms with Gasteiger partial charge in [-0.2, -0.15) is 0 Å². The Kier molecular flexibility index (Phi) is 7.36. The zero-order valence-corrected chi connectivity index (χ0v) is 20.5. The van der Waals surface area contributed by atoms with Gasteiger partial charge in [-0.15, -0.1) is 13.2 Å². The lowest BCUT2D eigenvalue weighted by Crippen LogP contribution is -2.44. The van der Waals surface area contributed by atoms with Crippen LogP contribution in [0.3, 0.4) is 0 Å². The Hall–Kier alpha value is -2.55. The highest BCUT2D eigenvalue weighted by molar-refractivity contribution is 5.72. The van der Waals surface area contributed by atoms with Crippen molar-refractivity contribution in [1.82, 2.24) is 9.47 Å². The summed E-state index contributed by atoms with van der Waals surface area (Å²) in [4.78, 5) is 14.2. The van der Waals surface area contributed by atoms with E-state index in [0.29, 0.717) is 48.2 Å². The van der Waals surface area contributed by atoms with Crippen molar-refractivity contribution in [3.8, 4) is 22.6 Å². The highest BCUT2D eigenvalue weighted by Gasteiger charge is 2.38. The molecule has 0 radical (unpaired) electrons. The first-order valence-electron chi connectivity index (χ1n) is 11.3. The van der Waals surface area contributed by atoms with Gasteiger partial charge in [0.2, 0.25) is 0 Å². The molecule has 0 N–H and O–H groups in total. The predicted octanol–water partition coefficient (Wildman–Crippen LogP) is 5.54. The molecule has 3 rings (SSSR count). The van der Waals surface area contributed by atoms with E-state index in [-0.39, 0.29) is 35.1 Å². The van der Waals surface area contributed by atoms with E-state index in [4.69, 9.17) is 4.74 Å². The Labute approximate surface area is 197 Å². The van der Waals surface area contributed by atoms with Gasteiger partial charge in [-0.05, 0) is 55.9 Å². The lowest BCUT2D eigenvalue weighted by atomic mass is 9.83. The fourth-order valence-corrected chi connectivity index (χ4v) is 4.48. The maximum atomic E-state index is 15.0. The number of halogens is 4. The van der Waals surface area contributed by atoms with Crippen molar-refractivity contribution < 1.29 is 27.0 Å². The number of piperidine rings is 1. The summed E-state index contributed by atoms with van der Waals surface area (Å²) in [7, 11) is 2.98. The van der Waals surface area contributed by atoms with Crippen LogP contribution in [0, 0.1) is 19.8 Å². The van der Waals surface area contributed by atoms with Gasteiger partial charge < -0.3 is 14.0 Å². The van der Waals surface area contributed by atoms with E-state index >= 15 is 0 Å². The lowest BCUT2D eigenvalue weighted by Gasteiger charge is -2.39. The quantitative estimate of drug-likeness (QED) is 0.506. The van der Waals surface area contributed by atoms with Crippen molar-refractivity contribution in [2.75, 3.05) is 20.2 Å². The van der Waals surface area contributed by atoms with Crippen LogP contribution in [0.2, 0.25) is 0 Å². The first-order valence-corrected chi connectivity index (χ1v) is 11.3. The molecule has 34 heavy (non-hydrogen) atoms. The minimum atomic E-state index is -4.90. The van der Waals surface area contributed by atoms with Crippen LogP contribution in [0.5, 0.6) is 11.5 Å². The Morgan fingerprint density at radius 1 is 1.09 bits per heavy atom. The first kappa shape index (κ1) is 26.1. The number of nitrogens with zero attached hydrogens (tertiary/aromatic N) is 2. The largest absolute Gasteiger partial charge is 0.573 e. The first-order chi connectivity index (χ1) is 15.8. The Morgan fingerprint density at radius 2 is 1.68 bits per heavy atom. The van der Waals surface area contributed by atoms with Crippen LogP contribution < -0.4 is 15.0 Å². The summed E-state index contributed by atoms with van der Waals surface area (Å²) >= 11 is 0. The highest BCUT2D eigenvalue weighted by atomic mass is 19.4. The van der Waals surface area contributed by atoms with Gasteiger partial charge in [0, 0.05) is 44.0 Å². The molecule has 0 atom stereocenters. The van der Waals surface area contributed by atoms with Crippen molar-refractivity contribution in [1.29, 1.82) is 0 Å². The summed E-state index contributed by atoms with van der Waals surface area (Å²) in [5, 5.41) is 0. The van der Waals surface area contributed by atoms with Crippen molar-refractivity contribution in [2.24, 2.45) is 13.0 Å². The van der Waals surface area contributed by atoms with E-state index in [0.717, 1.165) is 0 Å². The number of methoxy groups -OCH3 is 1. The number of benzene rings is 1. The monoisotopic (exact) mass is 484 g/mol. The molecule has 0 amide bonds. The predicted molar refractivity (Wildman–Crippen MR) is 123 cm³/mol. The minimum absolute atomic E-state index is 0.124. The van der Waals surface area contributed by atoms with Crippen LogP contribution in [-0.4, -0.2) is 41.7 Å². The van der Waals surface area contributed by atoms with Gasteiger partial charge in [-0.1, -0.05) is 13.8 Å². The van der Waals surface area contributed by atoms with E-state index in [1.165, 1.54) is 17.7 Å². The highest BCUT2D eigenvalue weighted by Crippen LogP contribution is 2.41. The van der Waals surface area contributed by atoms with E-state index in [2.05, 4.69) is 4.74 Å². The lowest BCUT2D eigenvalue weighted by molar-refractivity contribution is -0.275. The molecule has 1 aromatic carbocycles. The van der Waals surface area contributed by atoms with E-state index < -0.39 is 12.0 Å². The molecule has 188 valence electrons. The summed E-state index contributed by atoms with van der Waals surface area (Å²) < 4.78 is 66.3. The van der Waals surface area contributed by atoms with Gasteiger partial charge in [0.05, 0.1) is 12.7 Å². The summed E-state index contributed by atoms with van der Waals surface area (Å²) in [6.45, 7) is 8.09. The van der Waals surface area contributed by atoms with Crippen molar-refractivity contribution in [3.63, 3.8) is 0 Å². The second-order valence-corrected chi connectivity index (χ2v) is 9.38.